The van der Waals surface area contributed by atoms with Gasteiger partial charge in [-0.3, -0.25) is 4.79 Å². The molecule has 1 atom stereocenters. The van der Waals surface area contributed by atoms with Gasteiger partial charge in [0, 0.05) is 19.3 Å². The minimum atomic E-state index is -3.85. The van der Waals surface area contributed by atoms with Gasteiger partial charge in [-0.1, -0.05) is 17.7 Å². The average Bonchev–Trinajstić information content (AvgIpc) is 2.63. The van der Waals surface area contributed by atoms with Gasteiger partial charge in [-0.05, 0) is 43.2 Å². The van der Waals surface area contributed by atoms with Crippen molar-refractivity contribution in [1.82, 2.24) is 9.29 Å². The van der Waals surface area contributed by atoms with Gasteiger partial charge in [0.05, 0.1) is 15.8 Å². The molecular formula is C17H17ClFN3O3S. The summed E-state index contributed by atoms with van der Waals surface area (Å²) in [6.45, 7) is 0.333. The summed E-state index contributed by atoms with van der Waals surface area (Å²) in [5.41, 5.74) is 0. The Bertz CT molecular complexity index is 906. The van der Waals surface area contributed by atoms with E-state index < -0.39 is 21.8 Å². The molecule has 6 nitrogen and oxygen atoms in total. The molecule has 1 aromatic carbocycles. The molecule has 2 aromatic rings. The summed E-state index contributed by atoms with van der Waals surface area (Å²) in [6.07, 6.45) is 2.52. The molecule has 26 heavy (non-hydrogen) atoms. The first-order valence-electron chi connectivity index (χ1n) is 8.04. The zero-order chi connectivity index (χ0) is 18.7. The van der Waals surface area contributed by atoms with Crippen LogP contribution in [0.15, 0.2) is 47.5 Å². The molecule has 3 rings (SSSR count). The molecule has 0 bridgehead atoms. The van der Waals surface area contributed by atoms with Gasteiger partial charge in [0.1, 0.15) is 11.6 Å². The number of carbonyl (C=O) groups excluding carboxylic acids is 1. The molecule has 1 aliphatic rings. The SMILES string of the molecule is O=C(Nc1ccc(Cl)cn1)C1CCCN(S(=O)(=O)c2cccc(F)c2)C1. The van der Waals surface area contributed by atoms with Gasteiger partial charge in [0.2, 0.25) is 15.9 Å². The van der Waals surface area contributed by atoms with E-state index in [0.29, 0.717) is 30.2 Å². The lowest BCUT2D eigenvalue weighted by atomic mass is 9.99. The molecule has 1 saturated heterocycles. The third-order valence-electron chi connectivity index (χ3n) is 4.17. The molecule has 1 aliphatic heterocycles. The smallest absolute Gasteiger partial charge is 0.243 e. The first-order chi connectivity index (χ1) is 12.4. The molecular weight excluding hydrogens is 381 g/mol. The van der Waals surface area contributed by atoms with Crippen molar-refractivity contribution < 1.29 is 17.6 Å². The van der Waals surface area contributed by atoms with Crippen molar-refractivity contribution in [3.63, 3.8) is 0 Å². The van der Waals surface area contributed by atoms with Crippen LogP contribution in [0.4, 0.5) is 10.2 Å². The van der Waals surface area contributed by atoms with Gasteiger partial charge in [-0.2, -0.15) is 4.31 Å². The first kappa shape index (κ1) is 18.8. The van der Waals surface area contributed by atoms with Gasteiger partial charge in [0.25, 0.3) is 0 Å². The van der Waals surface area contributed by atoms with Crippen molar-refractivity contribution in [1.29, 1.82) is 0 Å². The Labute approximate surface area is 156 Å². The lowest BCUT2D eigenvalue weighted by molar-refractivity contribution is -0.120. The topological polar surface area (TPSA) is 79.4 Å². The number of halogens is 2. The molecule has 0 aliphatic carbocycles. The first-order valence-corrected chi connectivity index (χ1v) is 9.86. The summed E-state index contributed by atoms with van der Waals surface area (Å²) < 4.78 is 40.0. The number of sulfonamides is 1. The Morgan fingerprint density at radius 2 is 2.12 bits per heavy atom. The predicted octanol–water partition coefficient (Wildman–Crippen LogP) is 2.91. The summed E-state index contributed by atoms with van der Waals surface area (Å²) in [4.78, 5) is 16.3. The summed E-state index contributed by atoms with van der Waals surface area (Å²) in [5, 5.41) is 3.12. The fourth-order valence-electron chi connectivity index (χ4n) is 2.83. The summed E-state index contributed by atoms with van der Waals surface area (Å²) >= 11 is 5.76. The van der Waals surface area contributed by atoms with Crippen LogP contribution in [0, 0.1) is 11.7 Å². The van der Waals surface area contributed by atoms with Gasteiger partial charge >= 0.3 is 0 Å². The van der Waals surface area contributed by atoms with E-state index >= 15 is 0 Å². The van der Waals surface area contributed by atoms with Crippen molar-refractivity contribution in [3.8, 4) is 0 Å². The van der Waals surface area contributed by atoms with Crippen molar-refractivity contribution >= 4 is 33.3 Å². The molecule has 0 spiro atoms. The monoisotopic (exact) mass is 397 g/mol. The number of carbonyl (C=O) groups is 1. The van der Waals surface area contributed by atoms with E-state index in [1.54, 1.807) is 12.1 Å². The number of anilines is 1. The minimum Gasteiger partial charge on any atom is -0.310 e. The third kappa shape index (κ3) is 4.20. The molecule has 1 amide bonds. The van der Waals surface area contributed by atoms with Gasteiger partial charge in [-0.15, -0.1) is 0 Å². The van der Waals surface area contributed by atoms with Crippen LogP contribution < -0.4 is 5.32 Å². The minimum absolute atomic E-state index is 0.0400. The Morgan fingerprint density at radius 1 is 1.31 bits per heavy atom. The standard InChI is InChI=1S/C17H17ClFN3O3S/c18-13-6-7-16(20-10-13)21-17(23)12-3-2-8-22(11-12)26(24,25)15-5-1-4-14(19)9-15/h1,4-7,9-10,12H,2-3,8,11H2,(H,20,21,23). The molecule has 0 saturated carbocycles. The lowest BCUT2D eigenvalue weighted by Crippen LogP contribution is -2.43. The maximum Gasteiger partial charge on any atom is 0.243 e. The fraction of sp³-hybridized carbons (Fsp3) is 0.294. The van der Waals surface area contributed by atoms with E-state index in [-0.39, 0.29) is 17.3 Å². The van der Waals surface area contributed by atoms with Gasteiger partial charge in [0.15, 0.2) is 0 Å². The van der Waals surface area contributed by atoms with Crippen LogP contribution >= 0.6 is 11.6 Å². The number of hydrogen-bond acceptors (Lipinski definition) is 4. The van der Waals surface area contributed by atoms with E-state index in [2.05, 4.69) is 10.3 Å². The van der Waals surface area contributed by atoms with E-state index in [9.17, 15) is 17.6 Å². The average molecular weight is 398 g/mol. The van der Waals surface area contributed by atoms with Crippen LogP contribution in [-0.2, 0) is 14.8 Å². The van der Waals surface area contributed by atoms with Crippen LogP contribution in [0.3, 0.4) is 0 Å². The number of benzene rings is 1. The molecule has 1 unspecified atom stereocenters. The number of pyridine rings is 1. The summed E-state index contributed by atoms with van der Waals surface area (Å²) in [7, 11) is -3.85. The normalized spacial score (nSPS) is 18.5. The summed E-state index contributed by atoms with van der Waals surface area (Å²) in [5.74, 6) is -1.08. The number of hydrogen-bond donors (Lipinski definition) is 1. The number of nitrogens with one attached hydrogen (secondary N) is 1. The largest absolute Gasteiger partial charge is 0.310 e. The highest BCUT2D eigenvalue weighted by atomic mass is 35.5. The Hall–Kier alpha value is -2.03. The number of nitrogens with zero attached hydrogens (tertiary/aromatic N) is 2. The molecule has 1 N–H and O–H groups in total. The highest BCUT2D eigenvalue weighted by Gasteiger charge is 2.33. The quantitative estimate of drug-likeness (QED) is 0.860. The second-order valence-electron chi connectivity index (χ2n) is 6.01. The molecule has 9 heteroatoms. The van der Waals surface area contributed by atoms with E-state index in [1.165, 1.54) is 28.7 Å². The van der Waals surface area contributed by atoms with Crippen LogP contribution in [0.1, 0.15) is 12.8 Å². The van der Waals surface area contributed by atoms with Crippen LogP contribution in [0.25, 0.3) is 0 Å². The fourth-order valence-corrected chi connectivity index (χ4v) is 4.50. The van der Waals surface area contributed by atoms with Gasteiger partial charge < -0.3 is 5.32 Å². The molecule has 1 fully saturated rings. The van der Waals surface area contributed by atoms with Crippen molar-refractivity contribution in [3.05, 3.63) is 53.4 Å². The second kappa shape index (κ2) is 7.69. The van der Waals surface area contributed by atoms with Crippen LogP contribution in [0.2, 0.25) is 5.02 Å². The zero-order valence-corrected chi connectivity index (χ0v) is 15.3. The summed E-state index contributed by atoms with van der Waals surface area (Å²) in [6, 6.07) is 8.04. The highest BCUT2D eigenvalue weighted by Crippen LogP contribution is 2.25. The second-order valence-corrected chi connectivity index (χ2v) is 8.38. The number of amides is 1. The Balaban J connectivity index is 1.72. The molecule has 0 radical (unpaired) electrons. The van der Waals surface area contributed by atoms with Crippen molar-refractivity contribution in [2.24, 2.45) is 5.92 Å². The van der Waals surface area contributed by atoms with Crippen LogP contribution in [0.5, 0.6) is 0 Å². The molecule has 1 aromatic heterocycles. The number of rotatable bonds is 4. The number of piperidine rings is 1. The van der Waals surface area contributed by atoms with E-state index in [1.807, 2.05) is 0 Å². The number of aromatic nitrogens is 1. The predicted molar refractivity (Wildman–Crippen MR) is 95.8 cm³/mol. The molecule has 138 valence electrons. The molecule has 2 heterocycles. The van der Waals surface area contributed by atoms with E-state index in [4.69, 9.17) is 11.6 Å². The van der Waals surface area contributed by atoms with E-state index in [0.717, 1.165) is 6.07 Å². The zero-order valence-electron chi connectivity index (χ0n) is 13.7. The van der Waals surface area contributed by atoms with Crippen LogP contribution in [-0.4, -0.2) is 36.7 Å². The maximum absolute atomic E-state index is 13.4. The highest BCUT2D eigenvalue weighted by molar-refractivity contribution is 7.89. The Kier molecular flexibility index (Phi) is 5.55. The third-order valence-corrected chi connectivity index (χ3v) is 6.25. The lowest BCUT2D eigenvalue weighted by Gasteiger charge is -2.31. The van der Waals surface area contributed by atoms with Crippen molar-refractivity contribution in [2.45, 2.75) is 17.7 Å². The maximum atomic E-state index is 13.4. The Morgan fingerprint density at radius 3 is 2.81 bits per heavy atom. The van der Waals surface area contributed by atoms with Crippen molar-refractivity contribution in [2.75, 3.05) is 18.4 Å². The van der Waals surface area contributed by atoms with Gasteiger partial charge in [-0.25, -0.2) is 17.8 Å².